The molecule has 1 aliphatic rings. The summed E-state index contributed by atoms with van der Waals surface area (Å²) in [7, 11) is 0. The van der Waals surface area contributed by atoms with Gasteiger partial charge in [-0.25, -0.2) is 4.39 Å². The van der Waals surface area contributed by atoms with E-state index in [9.17, 15) is 4.39 Å². The fraction of sp³-hybridized carbons (Fsp3) is 0.529. The molecule has 0 bridgehead atoms. The topological polar surface area (TPSA) is 17.0 Å². The van der Waals surface area contributed by atoms with E-state index in [1.54, 1.807) is 6.07 Å². The van der Waals surface area contributed by atoms with Gasteiger partial charge in [-0.1, -0.05) is 19.3 Å². The van der Waals surface area contributed by atoms with Crippen molar-refractivity contribution in [1.29, 1.82) is 0 Å². The van der Waals surface area contributed by atoms with Crippen molar-refractivity contribution in [2.45, 2.75) is 38.6 Å². The molecule has 3 heteroatoms. The molecule has 1 aromatic heterocycles. The lowest BCUT2D eigenvalue weighted by atomic mass is 9.89. The van der Waals surface area contributed by atoms with E-state index in [4.69, 9.17) is 0 Å². The Morgan fingerprint density at radius 3 is 2.85 bits per heavy atom. The van der Waals surface area contributed by atoms with Gasteiger partial charge in [0.1, 0.15) is 5.82 Å². The standard InChI is InChI=1S/C17H23FN2/c18-16-7-6-15-8-10-20(17(15)12-16)11-9-19-13-14-4-2-1-3-5-14/h6-8,10,12,14,19H,1-5,9,11,13H2. The quantitative estimate of drug-likeness (QED) is 0.817. The minimum absolute atomic E-state index is 0.160. The van der Waals surface area contributed by atoms with E-state index >= 15 is 0 Å². The lowest BCUT2D eigenvalue weighted by Gasteiger charge is -2.21. The second kappa shape index (κ2) is 6.40. The van der Waals surface area contributed by atoms with Gasteiger partial charge in [-0.2, -0.15) is 0 Å². The first kappa shape index (κ1) is 13.6. The molecule has 0 spiro atoms. The highest BCUT2D eigenvalue weighted by Gasteiger charge is 2.12. The van der Waals surface area contributed by atoms with Crippen molar-refractivity contribution in [1.82, 2.24) is 9.88 Å². The number of hydrogen-bond donors (Lipinski definition) is 1. The number of nitrogens with zero attached hydrogens (tertiary/aromatic N) is 1. The summed E-state index contributed by atoms with van der Waals surface area (Å²) in [6, 6.07) is 7.04. The minimum Gasteiger partial charge on any atom is -0.346 e. The molecule has 1 heterocycles. The molecule has 1 fully saturated rings. The Kier molecular flexibility index (Phi) is 4.36. The van der Waals surface area contributed by atoms with Crippen molar-refractivity contribution in [3.63, 3.8) is 0 Å². The van der Waals surface area contributed by atoms with E-state index in [-0.39, 0.29) is 5.82 Å². The first-order valence-electron chi connectivity index (χ1n) is 7.78. The van der Waals surface area contributed by atoms with Crippen LogP contribution in [0.5, 0.6) is 0 Å². The normalized spacial score (nSPS) is 16.9. The molecule has 0 saturated heterocycles. The van der Waals surface area contributed by atoms with Gasteiger partial charge in [-0.05, 0) is 55.0 Å². The molecule has 0 radical (unpaired) electrons. The van der Waals surface area contributed by atoms with Crippen LogP contribution in [0.25, 0.3) is 10.9 Å². The summed E-state index contributed by atoms with van der Waals surface area (Å²) in [5.74, 6) is 0.704. The van der Waals surface area contributed by atoms with Crippen LogP contribution in [0.15, 0.2) is 30.5 Å². The zero-order valence-electron chi connectivity index (χ0n) is 11.9. The smallest absolute Gasteiger partial charge is 0.125 e. The molecule has 0 aliphatic heterocycles. The first-order chi connectivity index (χ1) is 9.83. The Balaban J connectivity index is 1.50. The zero-order valence-corrected chi connectivity index (χ0v) is 11.9. The average molecular weight is 274 g/mol. The van der Waals surface area contributed by atoms with Crippen LogP contribution >= 0.6 is 0 Å². The van der Waals surface area contributed by atoms with Gasteiger partial charge < -0.3 is 9.88 Å². The summed E-state index contributed by atoms with van der Waals surface area (Å²) in [4.78, 5) is 0. The van der Waals surface area contributed by atoms with Crippen LogP contribution in [0.2, 0.25) is 0 Å². The van der Waals surface area contributed by atoms with Crippen molar-refractivity contribution in [2.75, 3.05) is 13.1 Å². The van der Waals surface area contributed by atoms with Gasteiger partial charge >= 0.3 is 0 Å². The molecule has 2 aromatic rings. The molecular formula is C17H23FN2. The van der Waals surface area contributed by atoms with Gasteiger partial charge in [0, 0.05) is 19.3 Å². The van der Waals surface area contributed by atoms with E-state index in [1.165, 1.54) is 38.2 Å². The molecule has 20 heavy (non-hydrogen) atoms. The molecule has 1 aromatic carbocycles. The van der Waals surface area contributed by atoms with Crippen molar-refractivity contribution in [3.8, 4) is 0 Å². The maximum absolute atomic E-state index is 13.3. The van der Waals surface area contributed by atoms with Gasteiger partial charge in [0.25, 0.3) is 0 Å². The summed E-state index contributed by atoms with van der Waals surface area (Å²) in [6.07, 6.45) is 9.01. The molecular weight excluding hydrogens is 251 g/mol. The van der Waals surface area contributed by atoms with Crippen LogP contribution in [-0.2, 0) is 6.54 Å². The molecule has 0 amide bonds. The monoisotopic (exact) mass is 274 g/mol. The average Bonchev–Trinajstić information content (AvgIpc) is 2.87. The number of halogens is 1. The van der Waals surface area contributed by atoms with Gasteiger partial charge in [0.15, 0.2) is 0 Å². The fourth-order valence-corrected chi connectivity index (χ4v) is 3.25. The highest BCUT2D eigenvalue weighted by molar-refractivity contribution is 5.80. The van der Waals surface area contributed by atoms with Crippen molar-refractivity contribution in [3.05, 3.63) is 36.3 Å². The molecule has 108 valence electrons. The van der Waals surface area contributed by atoms with E-state index in [2.05, 4.69) is 16.0 Å². The van der Waals surface area contributed by atoms with Gasteiger partial charge in [-0.3, -0.25) is 0 Å². The van der Waals surface area contributed by atoms with E-state index in [0.29, 0.717) is 0 Å². The maximum Gasteiger partial charge on any atom is 0.125 e. The molecule has 1 aliphatic carbocycles. The molecule has 1 N–H and O–H groups in total. The van der Waals surface area contributed by atoms with Crippen LogP contribution in [-0.4, -0.2) is 17.7 Å². The van der Waals surface area contributed by atoms with Gasteiger partial charge in [0.05, 0.1) is 5.52 Å². The third kappa shape index (κ3) is 3.21. The highest BCUT2D eigenvalue weighted by atomic mass is 19.1. The number of hydrogen-bond acceptors (Lipinski definition) is 1. The number of rotatable bonds is 5. The minimum atomic E-state index is -0.160. The number of fused-ring (bicyclic) bond motifs is 1. The predicted molar refractivity (Wildman–Crippen MR) is 81.3 cm³/mol. The number of aromatic nitrogens is 1. The highest BCUT2D eigenvalue weighted by Crippen LogP contribution is 2.22. The molecule has 2 nitrogen and oxygen atoms in total. The van der Waals surface area contributed by atoms with Gasteiger partial charge in [0.2, 0.25) is 0 Å². The number of nitrogens with one attached hydrogen (secondary N) is 1. The predicted octanol–water partition coefficient (Wildman–Crippen LogP) is 3.95. The summed E-state index contributed by atoms with van der Waals surface area (Å²) < 4.78 is 15.4. The summed E-state index contributed by atoms with van der Waals surface area (Å²) >= 11 is 0. The molecule has 0 unspecified atom stereocenters. The van der Waals surface area contributed by atoms with Crippen LogP contribution in [0, 0.1) is 11.7 Å². The maximum atomic E-state index is 13.3. The van der Waals surface area contributed by atoms with E-state index in [1.807, 2.05) is 12.3 Å². The third-order valence-electron chi connectivity index (χ3n) is 4.42. The largest absolute Gasteiger partial charge is 0.346 e. The lowest BCUT2D eigenvalue weighted by Crippen LogP contribution is -2.27. The zero-order chi connectivity index (χ0) is 13.8. The molecule has 1 saturated carbocycles. The molecule has 0 atom stereocenters. The Labute approximate surface area is 120 Å². The van der Waals surface area contributed by atoms with Gasteiger partial charge in [-0.15, -0.1) is 0 Å². The van der Waals surface area contributed by atoms with Crippen LogP contribution in [0.3, 0.4) is 0 Å². The van der Waals surface area contributed by atoms with Crippen molar-refractivity contribution >= 4 is 10.9 Å². The van der Waals surface area contributed by atoms with Crippen LogP contribution in [0.4, 0.5) is 4.39 Å². The second-order valence-corrected chi connectivity index (χ2v) is 5.92. The Morgan fingerprint density at radius 2 is 2.00 bits per heavy atom. The van der Waals surface area contributed by atoms with Crippen molar-refractivity contribution in [2.24, 2.45) is 5.92 Å². The van der Waals surface area contributed by atoms with Crippen LogP contribution in [0.1, 0.15) is 32.1 Å². The lowest BCUT2D eigenvalue weighted by molar-refractivity contribution is 0.341. The Bertz CT molecular complexity index is 555. The summed E-state index contributed by atoms with van der Waals surface area (Å²) in [5.41, 5.74) is 0.990. The van der Waals surface area contributed by atoms with Crippen molar-refractivity contribution < 1.29 is 4.39 Å². The van der Waals surface area contributed by atoms with E-state index < -0.39 is 0 Å². The summed E-state index contributed by atoms with van der Waals surface area (Å²) in [6.45, 7) is 2.99. The molecule has 3 rings (SSSR count). The Morgan fingerprint density at radius 1 is 1.15 bits per heavy atom. The SMILES string of the molecule is Fc1ccc2ccn(CCNCC3CCCCC3)c2c1. The first-order valence-corrected chi connectivity index (χ1v) is 7.78. The second-order valence-electron chi connectivity index (χ2n) is 5.92. The third-order valence-corrected chi connectivity index (χ3v) is 4.42. The fourth-order valence-electron chi connectivity index (χ4n) is 3.25. The summed E-state index contributed by atoms with van der Waals surface area (Å²) in [5, 5.41) is 4.67. The van der Waals surface area contributed by atoms with E-state index in [0.717, 1.165) is 36.5 Å². The van der Waals surface area contributed by atoms with Crippen LogP contribution < -0.4 is 5.32 Å². The Hall–Kier alpha value is -1.35. The number of benzene rings is 1.